The lowest BCUT2D eigenvalue weighted by Crippen LogP contribution is -2.30. The molecule has 3 N–H and O–H groups in total. The maximum Gasteiger partial charge on any atom is 0.472 e. The number of unbranched alkanes of at least 4 members (excludes halogenated alkanes) is 42. The zero-order chi connectivity index (χ0) is 73.1. The molecule has 0 radical (unpaired) electrons. The third kappa shape index (κ3) is 72.8. The van der Waals surface area contributed by atoms with Gasteiger partial charge in [-0.15, -0.1) is 0 Å². The predicted molar refractivity (Wildman–Crippen MR) is 404 cm³/mol. The van der Waals surface area contributed by atoms with Crippen molar-refractivity contribution in [3.63, 3.8) is 0 Å². The smallest absolute Gasteiger partial charge is 0.462 e. The molecule has 0 aliphatic rings. The summed E-state index contributed by atoms with van der Waals surface area (Å²) < 4.78 is 68.7. The summed E-state index contributed by atoms with van der Waals surface area (Å²) in [6, 6.07) is 0. The number of hydrogen-bond donors (Lipinski definition) is 3. The molecule has 588 valence electrons. The normalized spacial score (nSPS) is 14.3. The second-order valence-corrected chi connectivity index (χ2v) is 33.4. The summed E-state index contributed by atoms with van der Waals surface area (Å²) in [4.78, 5) is 73.0. The number of rotatable bonds is 77. The Hall–Kier alpha value is -1.94. The third-order valence-corrected chi connectivity index (χ3v) is 20.8. The lowest BCUT2D eigenvalue weighted by molar-refractivity contribution is -0.161. The number of aliphatic hydroxyl groups is 1. The molecule has 0 fully saturated rings. The fourth-order valence-electron chi connectivity index (χ4n) is 12.2. The minimum atomic E-state index is -4.96. The van der Waals surface area contributed by atoms with E-state index in [-0.39, 0.29) is 25.7 Å². The summed E-state index contributed by atoms with van der Waals surface area (Å²) in [5.74, 6) is 0.970. The van der Waals surface area contributed by atoms with Crippen LogP contribution >= 0.6 is 15.6 Å². The van der Waals surface area contributed by atoms with Gasteiger partial charge in [0.05, 0.1) is 26.4 Å². The maximum absolute atomic E-state index is 13.1. The van der Waals surface area contributed by atoms with Crippen molar-refractivity contribution in [1.82, 2.24) is 0 Å². The Morgan fingerprint density at radius 2 is 0.485 bits per heavy atom. The van der Waals surface area contributed by atoms with Crippen molar-refractivity contribution in [2.24, 2.45) is 23.7 Å². The molecule has 0 saturated heterocycles. The Morgan fingerprint density at radius 3 is 0.717 bits per heavy atom. The number of hydrogen-bond acceptors (Lipinski definition) is 15. The minimum absolute atomic E-state index is 0.106. The second kappa shape index (κ2) is 69.1. The van der Waals surface area contributed by atoms with E-state index in [0.717, 1.165) is 120 Å². The van der Waals surface area contributed by atoms with Gasteiger partial charge in [-0.25, -0.2) is 9.13 Å². The van der Waals surface area contributed by atoms with Crippen molar-refractivity contribution in [1.29, 1.82) is 0 Å². The molecule has 6 atom stereocenters. The highest BCUT2D eigenvalue weighted by Crippen LogP contribution is 2.45. The Morgan fingerprint density at radius 1 is 0.283 bits per heavy atom. The first-order valence-electron chi connectivity index (χ1n) is 41.2. The van der Waals surface area contributed by atoms with Crippen LogP contribution in [0.4, 0.5) is 0 Å². The quantitative estimate of drug-likeness (QED) is 0.0222. The van der Waals surface area contributed by atoms with Gasteiger partial charge in [-0.05, 0) is 49.4 Å². The average Bonchev–Trinajstić information content (AvgIpc) is 0.953. The van der Waals surface area contributed by atoms with Gasteiger partial charge < -0.3 is 33.8 Å². The van der Waals surface area contributed by atoms with E-state index in [4.69, 9.17) is 37.0 Å². The van der Waals surface area contributed by atoms with Crippen LogP contribution in [0, 0.1) is 23.7 Å². The number of esters is 4. The van der Waals surface area contributed by atoms with Crippen molar-refractivity contribution < 1.29 is 80.2 Å². The molecule has 0 heterocycles. The molecule has 0 spiro atoms. The summed E-state index contributed by atoms with van der Waals surface area (Å²) in [5.41, 5.74) is 0. The highest BCUT2D eigenvalue weighted by molar-refractivity contribution is 7.47. The van der Waals surface area contributed by atoms with E-state index in [1.54, 1.807) is 0 Å². The van der Waals surface area contributed by atoms with Gasteiger partial charge in [-0.2, -0.15) is 0 Å². The standard InChI is InChI=1S/C80H156O17P2/c1-9-73(8)59-51-43-38-39-45-53-61-78(83)91-67-76(97-80(85)63-55-47-37-30-24-20-16-12-14-18-22-27-33-41-49-57-71(4)5)69-95-99(88,89)93-65-74(81)64-92-98(86,87)94-68-75(66-90-77(82)60-52-44-35-31-25-28-34-42-50-58-72(6)7)96-79(84)62-54-46-36-29-23-19-15-11-10-13-17-21-26-32-40-48-56-70(2)3/h70-76,81H,9-69H2,1-8H3,(H,86,87)(H,88,89)/t73?,74-,75-,76-/m1/s1. The van der Waals surface area contributed by atoms with Gasteiger partial charge in [0.25, 0.3) is 0 Å². The lowest BCUT2D eigenvalue weighted by atomic mass is 10.00. The second-order valence-electron chi connectivity index (χ2n) is 30.5. The minimum Gasteiger partial charge on any atom is -0.462 e. The molecule has 17 nitrogen and oxygen atoms in total. The van der Waals surface area contributed by atoms with E-state index in [1.165, 1.54) is 205 Å². The lowest BCUT2D eigenvalue weighted by Gasteiger charge is -2.21. The van der Waals surface area contributed by atoms with Gasteiger partial charge in [0.2, 0.25) is 0 Å². The third-order valence-electron chi connectivity index (χ3n) is 18.9. The van der Waals surface area contributed by atoms with Crippen molar-refractivity contribution >= 4 is 39.5 Å². The predicted octanol–water partition coefficient (Wildman–Crippen LogP) is 23.6. The number of aliphatic hydroxyl groups excluding tert-OH is 1. The number of carbonyl (C=O) groups is 4. The van der Waals surface area contributed by atoms with Crippen LogP contribution < -0.4 is 0 Å². The summed E-state index contributed by atoms with van der Waals surface area (Å²) in [7, 11) is -9.92. The van der Waals surface area contributed by atoms with Gasteiger partial charge in [-0.3, -0.25) is 37.3 Å². The molecule has 0 aliphatic heterocycles. The number of phosphoric ester groups is 2. The van der Waals surface area contributed by atoms with Crippen LogP contribution in [0.2, 0.25) is 0 Å². The van der Waals surface area contributed by atoms with Gasteiger partial charge >= 0.3 is 39.5 Å². The van der Waals surface area contributed by atoms with Gasteiger partial charge in [0.1, 0.15) is 19.3 Å². The van der Waals surface area contributed by atoms with Crippen molar-refractivity contribution in [3.8, 4) is 0 Å². The maximum atomic E-state index is 13.1. The molecule has 0 aromatic carbocycles. The van der Waals surface area contributed by atoms with E-state index < -0.39 is 97.5 Å². The van der Waals surface area contributed by atoms with Gasteiger partial charge in [-0.1, -0.05) is 357 Å². The van der Waals surface area contributed by atoms with Crippen LogP contribution in [0.1, 0.15) is 409 Å². The SMILES string of the molecule is CCC(C)CCCCCCCCC(=O)OC[C@H](COP(=O)(O)OC[C@H](O)COP(=O)(O)OC[C@@H](COC(=O)CCCCCCCCCCCC(C)C)OC(=O)CCCCCCCCCCCCCCCCCCC(C)C)OC(=O)CCCCCCCCCCCCCCCCCC(C)C. The largest absolute Gasteiger partial charge is 0.472 e. The molecule has 0 rings (SSSR count). The average molecular weight is 1450 g/mol. The van der Waals surface area contributed by atoms with Crippen LogP contribution in [0.25, 0.3) is 0 Å². The van der Waals surface area contributed by atoms with E-state index >= 15 is 0 Å². The van der Waals surface area contributed by atoms with E-state index in [1.807, 2.05) is 0 Å². The van der Waals surface area contributed by atoms with Crippen molar-refractivity contribution in [2.45, 2.75) is 427 Å². The van der Waals surface area contributed by atoms with Crippen LogP contribution in [0.15, 0.2) is 0 Å². The topological polar surface area (TPSA) is 237 Å². The van der Waals surface area contributed by atoms with Crippen molar-refractivity contribution in [3.05, 3.63) is 0 Å². The molecule has 0 bridgehead atoms. The Labute approximate surface area is 607 Å². The van der Waals surface area contributed by atoms with Crippen LogP contribution in [-0.4, -0.2) is 96.7 Å². The van der Waals surface area contributed by atoms with Crippen molar-refractivity contribution in [2.75, 3.05) is 39.6 Å². The molecular weight excluding hydrogens is 1290 g/mol. The van der Waals surface area contributed by atoms with Crippen LogP contribution in [0.5, 0.6) is 0 Å². The van der Waals surface area contributed by atoms with E-state index in [0.29, 0.717) is 25.7 Å². The van der Waals surface area contributed by atoms with Gasteiger partial charge in [0.15, 0.2) is 12.2 Å². The Balaban J connectivity index is 5.22. The molecule has 0 aromatic heterocycles. The molecular formula is C80H156O17P2. The number of carbonyl (C=O) groups excluding carboxylic acids is 4. The summed E-state index contributed by atoms with van der Waals surface area (Å²) in [6.07, 6.45) is 55.6. The summed E-state index contributed by atoms with van der Waals surface area (Å²) >= 11 is 0. The first-order valence-corrected chi connectivity index (χ1v) is 44.2. The molecule has 0 aliphatic carbocycles. The monoisotopic (exact) mass is 1450 g/mol. The van der Waals surface area contributed by atoms with E-state index in [9.17, 15) is 43.2 Å². The first-order chi connectivity index (χ1) is 47.6. The zero-order valence-electron chi connectivity index (χ0n) is 65.1. The Kier molecular flexibility index (Phi) is 67.8. The first kappa shape index (κ1) is 97.1. The van der Waals surface area contributed by atoms with Crippen LogP contribution in [-0.2, 0) is 65.4 Å². The summed E-state index contributed by atoms with van der Waals surface area (Å²) in [6.45, 7) is 14.2. The fraction of sp³-hybridized carbons (Fsp3) is 0.950. The molecule has 99 heavy (non-hydrogen) atoms. The highest BCUT2D eigenvalue weighted by Gasteiger charge is 2.30. The number of phosphoric acid groups is 2. The van der Waals surface area contributed by atoms with Crippen LogP contribution in [0.3, 0.4) is 0 Å². The van der Waals surface area contributed by atoms with E-state index in [2.05, 4.69) is 55.4 Å². The number of ether oxygens (including phenoxy) is 4. The fourth-order valence-corrected chi connectivity index (χ4v) is 13.8. The molecule has 0 amide bonds. The summed E-state index contributed by atoms with van der Waals surface area (Å²) in [5, 5.41) is 10.6. The molecule has 3 unspecified atom stereocenters. The van der Waals surface area contributed by atoms with Gasteiger partial charge in [0, 0.05) is 25.7 Å². The zero-order valence-corrected chi connectivity index (χ0v) is 66.9. The molecule has 0 saturated carbocycles. The Bertz CT molecular complexity index is 1940. The molecule has 19 heteroatoms. The molecule has 0 aromatic rings. The highest BCUT2D eigenvalue weighted by atomic mass is 31.2.